The summed E-state index contributed by atoms with van der Waals surface area (Å²) in [4.78, 5) is 57.2. The molecule has 11 nitrogen and oxygen atoms in total. The van der Waals surface area contributed by atoms with E-state index in [1.165, 1.54) is 0 Å². The minimum Gasteiger partial charge on any atom is -0.481 e. The molecule has 148 valence electrons. The summed E-state index contributed by atoms with van der Waals surface area (Å²) in [5.74, 6) is -5.41. The van der Waals surface area contributed by atoms with E-state index >= 15 is 0 Å². The quantitative estimate of drug-likeness (QED) is 0.228. The highest BCUT2D eigenvalue weighted by molar-refractivity contribution is 5.93. The van der Waals surface area contributed by atoms with E-state index in [1.54, 1.807) is 6.92 Å². The summed E-state index contributed by atoms with van der Waals surface area (Å²) in [5, 5.41) is 22.2. The Balaban J connectivity index is 5.17. The summed E-state index contributed by atoms with van der Waals surface area (Å²) in [6.45, 7) is 3.57. The first-order valence-corrected chi connectivity index (χ1v) is 8.08. The molecule has 0 rings (SSSR count). The molecule has 0 aliphatic rings. The van der Waals surface area contributed by atoms with E-state index in [0.717, 1.165) is 0 Å². The molecule has 4 atom stereocenters. The van der Waals surface area contributed by atoms with Crippen LogP contribution in [0.15, 0.2) is 0 Å². The Morgan fingerprint density at radius 1 is 1.00 bits per heavy atom. The van der Waals surface area contributed by atoms with Crippen LogP contribution in [-0.4, -0.2) is 58.0 Å². The summed E-state index contributed by atoms with van der Waals surface area (Å²) in [7, 11) is 0. The number of hydrogen-bond acceptors (Lipinski definition) is 6. The largest absolute Gasteiger partial charge is 0.481 e. The van der Waals surface area contributed by atoms with Crippen LogP contribution < -0.4 is 22.1 Å². The van der Waals surface area contributed by atoms with Crippen molar-refractivity contribution in [2.45, 2.75) is 57.7 Å². The van der Waals surface area contributed by atoms with Crippen molar-refractivity contribution < 1.29 is 34.2 Å². The molecule has 0 fully saturated rings. The molecule has 0 aromatic carbocycles. The number of carbonyl (C=O) groups is 5. The van der Waals surface area contributed by atoms with E-state index in [0.29, 0.717) is 6.42 Å². The molecule has 0 bridgehead atoms. The third kappa shape index (κ3) is 8.42. The van der Waals surface area contributed by atoms with Crippen LogP contribution in [0, 0.1) is 5.92 Å². The Bertz CT molecular complexity index is 552. The van der Waals surface area contributed by atoms with Crippen molar-refractivity contribution in [3.63, 3.8) is 0 Å². The Morgan fingerprint density at radius 3 is 1.96 bits per heavy atom. The molecule has 26 heavy (non-hydrogen) atoms. The Labute approximate surface area is 150 Å². The maximum Gasteiger partial charge on any atom is 0.326 e. The molecule has 0 spiro atoms. The predicted octanol–water partition coefficient (Wildman–Crippen LogP) is -1.85. The van der Waals surface area contributed by atoms with Crippen LogP contribution in [0.25, 0.3) is 0 Å². The standard InChI is InChI=1S/C15H26N4O7/c1-3-7(2)12(17)14(24)18-8(4-5-11(21)22)13(23)19-9(15(25)26)6-10(16)20/h7-9,12H,3-6,17H2,1-2H3,(H2,16,20)(H,18,24)(H,19,23)(H,21,22)(H,25,26)/t7-,8-,9-,12-/m0/s1. The van der Waals surface area contributed by atoms with E-state index in [1.807, 2.05) is 6.92 Å². The molecule has 0 heterocycles. The van der Waals surface area contributed by atoms with Gasteiger partial charge in [-0.25, -0.2) is 4.79 Å². The molecular weight excluding hydrogens is 348 g/mol. The summed E-state index contributed by atoms with van der Waals surface area (Å²) < 4.78 is 0. The number of aliphatic carboxylic acids is 2. The number of carboxylic acid groups (broad SMARTS) is 2. The molecule has 0 aromatic heterocycles. The summed E-state index contributed by atoms with van der Waals surface area (Å²) >= 11 is 0. The van der Waals surface area contributed by atoms with Crippen molar-refractivity contribution >= 4 is 29.7 Å². The Kier molecular flexibility index (Phi) is 9.89. The van der Waals surface area contributed by atoms with E-state index in [2.05, 4.69) is 10.6 Å². The van der Waals surface area contributed by atoms with Crippen LogP contribution in [0.5, 0.6) is 0 Å². The second-order valence-electron chi connectivity index (χ2n) is 5.97. The van der Waals surface area contributed by atoms with Gasteiger partial charge in [0.25, 0.3) is 0 Å². The van der Waals surface area contributed by atoms with Crippen molar-refractivity contribution in [2.24, 2.45) is 17.4 Å². The van der Waals surface area contributed by atoms with Crippen molar-refractivity contribution in [1.29, 1.82) is 0 Å². The lowest BCUT2D eigenvalue weighted by Crippen LogP contribution is -2.55. The number of amides is 3. The molecule has 0 aromatic rings. The molecule has 0 radical (unpaired) electrons. The Morgan fingerprint density at radius 2 is 1.54 bits per heavy atom. The maximum atomic E-state index is 12.3. The SMILES string of the molecule is CC[C@H](C)[C@H](N)C(=O)N[C@@H](CCC(=O)O)C(=O)N[C@@H](CC(N)=O)C(=O)O. The van der Waals surface area contributed by atoms with Crippen molar-refractivity contribution in [2.75, 3.05) is 0 Å². The van der Waals surface area contributed by atoms with Gasteiger partial charge in [-0.05, 0) is 12.3 Å². The number of hydrogen-bond donors (Lipinski definition) is 6. The fraction of sp³-hybridized carbons (Fsp3) is 0.667. The minimum atomic E-state index is -1.59. The predicted molar refractivity (Wildman–Crippen MR) is 89.6 cm³/mol. The lowest BCUT2D eigenvalue weighted by atomic mass is 9.98. The highest BCUT2D eigenvalue weighted by atomic mass is 16.4. The normalized spacial score (nSPS) is 15.2. The van der Waals surface area contributed by atoms with Gasteiger partial charge >= 0.3 is 11.9 Å². The molecule has 0 saturated heterocycles. The maximum absolute atomic E-state index is 12.3. The number of carboxylic acids is 2. The topological polar surface area (TPSA) is 202 Å². The molecular formula is C15H26N4O7. The zero-order chi connectivity index (χ0) is 20.4. The minimum absolute atomic E-state index is 0.181. The second-order valence-corrected chi connectivity index (χ2v) is 5.97. The molecule has 11 heteroatoms. The van der Waals surface area contributed by atoms with Gasteiger partial charge in [0, 0.05) is 6.42 Å². The Hall–Kier alpha value is -2.69. The van der Waals surface area contributed by atoms with Crippen LogP contribution in [0.4, 0.5) is 0 Å². The van der Waals surface area contributed by atoms with Gasteiger partial charge in [-0.2, -0.15) is 0 Å². The van der Waals surface area contributed by atoms with Gasteiger partial charge in [0.15, 0.2) is 0 Å². The van der Waals surface area contributed by atoms with Gasteiger partial charge in [0.05, 0.1) is 12.5 Å². The first-order chi connectivity index (χ1) is 12.0. The van der Waals surface area contributed by atoms with E-state index in [4.69, 9.17) is 21.7 Å². The van der Waals surface area contributed by atoms with Gasteiger partial charge < -0.3 is 32.3 Å². The summed E-state index contributed by atoms with van der Waals surface area (Å²) in [5.41, 5.74) is 10.7. The molecule has 0 aliphatic heterocycles. The van der Waals surface area contributed by atoms with Crippen molar-refractivity contribution in [3.05, 3.63) is 0 Å². The highest BCUT2D eigenvalue weighted by Gasteiger charge is 2.30. The monoisotopic (exact) mass is 374 g/mol. The van der Waals surface area contributed by atoms with Crippen LogP contribution in [0.2, 0.25) is 0 Å². The second kappa shape index (κ2) is 11.0. The van der Waals surface area contributed by atoms with Gasteiger partial charge in [0.2, 0.25) is 17.7 Å². The van der Waals surface area contributed by atoms with E-state index < -0.39 is 60.6 Å². The summed E-state index contributed by atoms with van der Waals surface area (Å²) in [6.07, 6.45) is -0.749. The van der Waals surface area contributed by atoms with Gasteiger partial charge in [-0.15, -0.1) is 0 Å². The third-order valence-electron chi connectivity index (χ3n) is 3.86. The number of carbonyl (C=O) groups excluding carboxylic acids is 3. The van der Waals surface area contributed by atoms with Gasteiger partial charge in [0.1, 0.15) is 12.1 Å². The lowest BCUT2D eigenvalue weighted by Gasteiger charge is -2.24. The van der Waals surface area contributed by atoms with E-state index in [-0.39, 0.29) is 12.3 Å². The zero-order valence-corrected chi connectivity index (χ0v) is 14.7. The van der Waals surface area contributed by atoms with E-state index in [9.17, 15) is 24.0 Å². The summed E-state index contributed by atoms with van der Waals surface area (Å²) in [6, 6.07) is -3.82. The average Bonchev–Trinajstić information content (AvgIpc) is 2.55. The number of nitrogens with two attached hydrogens (primary N) is 2. The van der Waals surface area contributed by atoms with Gasteiger partial charge in [-0.1, -0.05) is 20.3 Å². The molecule has 8 N–H and O–H groups in total. The third-order valence-corrected chi connectivity index (χ3v) is 3.86. The fourth-order valence-corrected chi connectivity index (χ4v) is 1.99. The molecule has 0 unspecified atom stereocenters. The average molecular weight is 374 g/mol. The smallest absolute Gasteiger partial charge is 0.326 e. The van der Waals surface area contributed by atoms with Crippen LogP contribution >= 0.6 is 0 Å². The number of rotatable bonds is 12. The highest BCUT2D eigenvalue weighted by Crippen LogP contribution is 2.07. The first kappa shape index (κ1) is 23.3. The van der Waals surface area contributed by atoms with Crippen molar-refractivity contribution in [1.82, 2.24) is 10.6 Å². The van der Waals surface area contributed by atoms with Crippen LogP contribution in [0.3, 0.4) is 0 Å². The number of nitrogens with one attached hydrogen (secondary N) is 2. The molecule has 0 aliphatic carbocycles. The van der Waals surface area contributed by atoms with Gasteiger partial charge in [-0.3, -0.25) is 19.2 Å². The first-order valence-electron chi connectivity index (χ1n) is 8.08. The van der Waals surface area contributed by atoms with Crippen LogP contribution in [0.1, 0.15) is 39.5 Å². The molecule has 3 amide bonds. The zero-order valence-electron chi connectivity index (χ0n) is 14.7. The lowest BCUT2D eigenvalue weighted by molar-refractivity contribution is -0.144. The fourth-order valence-electron chi connectivity index (χ4n) is 1.99. The van der Waals surface area contributed by atoms with Crippen LogP contribution in [-0.2, 0) is 24.0 Å². The van der Waals surface area contributed by atoms with Crippen molar-refractivity contribution in [3.8, 4) is 0 Å². The molecule has 0 saturated carbocycles. The number of primary amides is 1.